The van der Waals surface area contributed by atoms with Crippen LogP contribution in [0.3, 0.4) is 0 Å². The molecule has 0 N–H and O–H groups in total. The van der Waals surface area contributed by atoms with Gasteiger partial charge in [0.15, 0.2) is 0 Å². The Hall–Kier alpha value is 0.240. The summed E-state index contributed by atoms with van der Waals surface area (Å²) in [6.45, 7) is 0. The third kappa shape index (κ3) is 1.73. The van der Waals surface area contributed by atoms with Gasteiger partial charge in [0.25, 0.3) is 0 Å². The number of hydrogen-bond donors (Lipinski definition) is 0. The second-order valence-electron chi connectivity index (χ2n) is 2.62. The summed E-state index contributed by atoms with van der Waals surface area (Å²) in [7, 11) is 0. The number of thiophene rings is 1. The van der Waals surface area contributed by atoms with Gasteiger partial charge in [-0.1, -0.05) is 11.6 Å². The first-order valence-electron chi connectivity index (χ1n) is 3.65. The van der Waals surface area contributed by atoms with Crippen LogP contribution in [0.25, 0.3) is 10.1 Å². The molecule has 0 fully saturated rings. The Bertz CT molecular complexity index is 450. The van der Waals surface area contributed by atoms with Gasteiger partial charge in [0.2, 0.25) is 0 Å². The first kappa shape index (κ1) is 9.78. The van der Waals surface area contributed by atoms with Crippen molar-refractivity contribution in [2.24, 2.45) is 0 Å². The Balaban J connectivity index is 2.82. The van der Waals surface area contributed by atoms with Crippen molar-refractivity contribution < 1.29 is 0 Å². The van der Waals surface area contributed by atoms with E-state index in [2.05, 4.69) is 22.0 Å². The summed E-state index contributed by atoms with van der Waals surface area (Å²) in [5, 5.41) is 1.90. The van der Waals surface area contributed by atoms with Crippen molar-refractivity contribution in [1.82, 2.24) is 0 Å². The third-order valence-corrected chi connectivity index (χ3v) is 4.08. The van der Waals surface area contributed by atoms with E-state index >= 15 is 0 Å². The van der Waals surface area contributed by atoms with Crippen LogP contribution in [0, 0.1) is 0 Å². The van der Waals surface area contributed by atoms with Crippen LogP contribution < -0.4 is 0 Å². The molecule has 4 heteroatoms. The third-order valence-electron chi connectivity index (χ3n) is 1.86. The van der Waals surface area contributed by atoms with Gasteiger partial charge < -0.3 is 0 Å². The second-order valence-corrected chi connectivity index (χ2v) is 5.76. The van der Waals surface area contributed by atoms with Crippen molar-refractivity contribution in [3.05, 3.63) is 32.6 Å². The van der Waals surface area contributed by atoms with Crippen LogP contribution in [0.4, 0.5) is 0 Å². The van der Waals surface area contributed by atoms with Crippen LogP contribution in [0.1, 0.15) is 5.56 Å². The Morgan fingerprint density at radius 2 is 2.15 bits per heavy atom. The van der Waals surface area contributed by atoms with E-state index < -0.39 is 0 Å². The topological polar surface area (TPSA) is 0 Å². The van der Waals surface area contributed by atoms with E-state index in [9.17, 15) is 0 Å². The Kier molecular flexibility index (Phi) is 2.84. The second kappa shape index (κ2) is 3.77. The van der Waals surface area contributed by atoms with Gasteiger partial charge in [-0.15, -0.1) is 22.9 Å². The molecule has 0 saturated carbocycles. The number of benzene rings is 1. The molecule has 2 rings (SSSR count). The molecular formula is C9H5BrCl2S. The van der Waals surface area contributed by atoms with E-state index in [4.69, 9.17) is 23.2 Å². The van der Waals surface area contributed by atoms with Gasteiger partial charge >= 0.3 is 0 Å². The lowest BCUT2D eigenvalue weighted by Crippen LogP contribution is -1.79. The highest BCUT2D eigenvalue weighted by Crippen LogP contribution is 2.35. The van der Waals surface area contributed by atoms with Gasteiger partial charge in [0.1, 0.15) is 0 Å². The SMILES string of the molecule is ClCc1c(Cl)ccc2sc(Br)cc12. The zero-order valence-electron chi connectivity index (χ0n) is 6.48. The molecular weight excluding hydrogens is 291 g/mol. The normalized spacial score (nSPS) is 11.0. The fourth-order valence-electron chi connectivity index (χ4n) is 1.25. The summed E-state index contributed by atoms with van der Waals surface area (Å²) in [5.74, 6) is 0.458. The minimum absolute atomic E-state index is 0.458. The monoisotopic (exact) mass is 294 g/mol. The summed E-state index contributed by atoms with van der Waals surface area (Å²) in [6.07, 6.45) is 0. The van der Waals surface area contributed by atoms with Crippen molar-refractivity contribution >= 4 is 60.6 Å². The molecule has 13 heavy (non-hydrogen) atoms. The molecule has 0 nitrogen and oxygen atoms in total. The summed E-state index contributed by atoms with van der Waals surface area (Å²) in [6, 6.07) is 5.97. The fraction of sp³-hybridized carbons (Fsp3) is 0.111. The van der Waals surface area contributed by atoms with Gasteiger partial charge in [0, 0.05) is 15.6 Å². The molecule has 0 aliphatic heterocycles. The molecule has 68 valence electrons. The zero-order valence-corrected chi connectivity index (χ0v) is 10.4. The van der Waals surface area contributed by atoms with Crippen LogP contribution in [-0.4, -0.2) is 0 Å². The lowest BCUT2D eigenvalue weighted by Gasteiger charge is -2.00. The predicted octanol–water partition coefficient (Wildman–Crippen LogP) is 5.06. The van der Waals surface area contributed by atoms with Crippen molar-refractivity contribution in [3.63, 3.8) is 0 Å². The maximum absolute atomic E-state index is 6.02. The molecule has 0 unspecified atom stereocenters. The maximum atomic E-state index is 6.02. The maximum Gasteiger partial charge on any atom is 0.0711 e. The largest absolute Gasteiger partial charge is 0.128 e. The molecule has 0 radical (unpaired) electrons. The van der Waals surface area contributed by atoms with E-state index in [0.717, 1.165) is 19.8 Å². The molecule has 1 aromatic carbocycles. The molecule has 2 aromatic rings. The lowest BCUT2D eigenvalue weighted by molar-refractivity contribution is 1.46. The van der Waals surface area contributed by atoms with Gasteiger partial charge in [-0.3, -0.25) is 0 Å². The van der Waals surface area contributed by atoms with Crippen LogP contribution in [0.2, 0.25) is 5.02 Å². The average Bonchev–Trinajstić information content (AvgIpc) is 2.45. The molecule has 0 amide bonds. The van der Waals surface area contributed by atoms with Crippen LogP contribution in [-0.2, 0) is 5.88 Å². The van der Waals surface area contributed by atoms with Crippen molar-refractivity contribution in [1.29, 1.82) is 0 Å². The van der Waals surface area contributed by atoms with Crippen molar-refractivity contribution in [2.75, 3.05) is 0 Å². The molecule has 0 saturated heterocycles. The summed E-state index contributed by atoms with van der Waals surface area (Å²) in [5.41, 5.74) is 1.02. The first-order chi connectivity index (χ1) is 6.22. The highest BCUT2D eigenvalue weighted by molar-refractivity contribution is 9.11. The Morgan fingerprint density at radius 1 is 1.38 bits per heavy atom. The van der Waals surface area contributed by atoms with E-state index in [0.29, 0.717) is 5.88 Å². The number of rotatable bonds is 1. The van der Waals surface area contributed by atoms with Crippen molar-refractivity contribution in [3.8, 4) is 0 Å². The fourth-order valence-corrected chi connectivity index (χ4v) is 3.40. The number of halogens is 3. The Morgan fingerprint density at radius 3 is 2.85 bits per heavy atom. The molecule has 0 bridgehead atoms. The average molecular weight is 296 g/mol. The number of fused-ring (bicyclic) bond motifs is 1. The molecule has 0 aliphatic rings. The quantitative estimate of drug-likeness (QED) is 0.645. The minimum Gasteiger partial charge on any atom is -0.128 e. The van der Waals surface area contributed by atoms with Crippen LogP contribution in [0.15, 0.2) is 22.0 Å². The van der Waals surface area contributed by atoms with Gasteiger partial charge in [-0.2, -0.15) is 0 Å². The van der Waals surface area contributed by atoms with Gasteiger partial charge in [-0.25, -0.2) is 0 Å². The zero-order chi connectivity index (χ0) is 9.42. The van der Waals surface area contributed by atoms with Crippen molar-refractivity contribution in [2.45, 2.75) is 5.88 Å². The van der Waals surface area contributed by atoms with Crippen LogP contribution >= 0.6 is 50.5 Å². The summed E-state index contributed by atoms with van der Waals surface area (Å²) >= 11 is 17.0. The highest BCUT2D eigenvalue weighted by atomic mass is 79.9. The van der Waals surface area contributed by atoms with E-state index in [1.165, 1.54) is 4.70 Å². The summed E-state index contributed by atoms with van der Waals surface area (Å²) in [4.78, 5) is 0. The molecule has 0 spiro atoms. The predicted molar refractivity (Wildman–Crippen MR) is 64.1 cm³/mol. The summed E-state index contributed by atoms with van der Waals surface area (Å²) < 4.78 is 2.32. The van der Waals surface area contributed by atoms with E-state index in [1.807, 2.05) is 12.1 Å². The van der Waals surface area contributed by atoms with E-state index in [-0.39, 0.29) is 0 Å². The molecule has 1 aromatic heterocycles. The number of alkyl halides is 1. The molecule has 0 atom stereocenters. The lowest BCUT2D eigenvalue weighted by atomic mass is 10.1. The highest BCUT2D eigenvalue weighted by Gasteiger charge is 2.07. The Labute approximate surface area is 98.6 Å². The molecule has 0 aliphatic carbocycles. The van der Waals surface area contributed by atoms with Gasteiger partial charge in [-0.05, 0) is 45.1 Å². The number of hydrogen-bond acceptors (Lipinski definition) is 1. The standard InChI is InChI=1S/C9H5BrCl2S/c10-9-3-5-6(4-11)7(12)1-2-8(5)13-9/h1-3H,4H2. The minimum atomic E-state index is 0.458. The smallest absolute Gasteiger partial charge is 0.0711 e. The van der Waals surface area contributed by atoms with E-state index in [1.54, 1.807) is 11.3 Å². The van der Waals surface area contributed by atoms with Crippen LogP contribution in [0.5, 0.6) is 0 Å². The van der Waals surface area contributed by atoms with Gasteiger partial charge in [0.05, 0.1) is 3.79 Å². The first-order valence-corrected chi connectivity index (χ1v) is 6.17. The molecule has 1 heterocycles.